The molecule has 0 amide bonds. The van der Waals surface area contributed by atoms with Crippen molar-refractivity contribution in [1.29, 1.82) is 0 Å². The lowest BCUT2D eigenvalue weighted by atomic mass is 9.92. The van der Waals surface area contributed by atoms with E-state index in [2.05, 4.69) is 58.9 Å². The third kappa shape index (κ3) is 4.76. The van der Waals surface area contributed by atoms with E-state index in [1.165, 1.54) is 31.5 Å². The van der Waals surface area contributed by atoms with Crippen molar-refractivity contribution in [3.05, 3.63) is 71.8 Å². The molecule has 4 aromatic rings. The van der Waals surface area contributed by atoms with Gasteiger partial charge in [-0.05, 0) is 82.1 Å². The molecule has 33 heavy (non-hydrogen) atoms. The zero-order valence-electron chi connectivity index (χ0n) is 19.7. The molecule has 1 aliphatic rings. The molecule has 6 nitrogen and oxygen atoms in total. The minimum atomic E-state index is 0.701. The molecule has 0 N–H and O–H groups in total. The van der Waals surface area contributed by atoms with E-state index in [9.17, 15) is 0 Å². The molecule has 0 radical (unpaired) electrons. The third-order valence-corrected chi connectivity index (χ3v) is 6.74. The highest BCUT2D eigenvalue weighted by Gasteiger charge is 2.18. The second kappa shape index (κ2) is 9.32. The van der Waals surface area contributed by atoms with E-state index in [1.54, 1.807) is 7.11 Å². The number of aryl methyl sites for hydroxylation is 1. The molecule has 0 bridgehead atoms. The molecular formula is C27H31N5O. The Kier molecular flexibility index (Phi) is 6.09. The van der Waals surface area contributed by atoms with Gasteiger partial charge in [0.25, 0.3) is 0 Å². The molecule has 3 heterocycles. The molecule has 2 aromatic heterocycles. The maximum Gasteiger partial charge on any atom is 0.118 e. The van der Waals surface area contributed by atoms with Crippen LogP contribution < -0.4 is 4.74 Å². The van der Waals surface area contributed by atoms with Crippen molar-refractivity contribution >= 4 is 10.9 Å². The summed E-state index contributed by atoms with van der Waals surface area (Å²) in [6.07, 6.45) is 7.28. The van der Waals surface area contributed by atoms with Crippen LogP contribution >= 0.6 is 0 Å². The van der Waals surface area contributed by atoms with Crippen LogP contribution in [-0.4, -0.2) is 51.9 Å². The standard InChI is InChI=1S/C27H31N5O/c1-19-25-15-22(26-17-28-16-23(29-26)14-20-10-12-31(2)13-11-20)6-9-27(25)32(30-19)18-21-4-7-24(33-3)8-5-21/h4-9,15-17,20H,10-14,18H2,1-3H3. The SMILES string of the molecule is COc1ccc(Cn2nc(C)c3cc(-c4cncc(CC5CCN(C)CC5)n4)ccc32)cc1. The Balaban J connectivity index is 1.38. The van der Waals surface area contributed by atoms with Gasteiger partial charge >= 0.3 is 0 Å². The fraction of sp³-hybridized carbons (Fsp3) is 0.370. The van der Waals surface area contributed by atoms with E-state index in [0.717, 1.165) is 52.3 Å². The number of ether oxygens (including phenoxy) is 1. The van der Waals surface area contributed by atoms with Crippen molar-refractivity contribution in [1.82, 2.24) is 24.6 Å². The minimum absolute atomic E-state index is 0.701. The summed E-state index contributed by atoms with van der Waals surface area (Å²) in [5.74, 6) is 1.57. The largest absolute Gasteiger partial charge is 0.497 e. The molecule has 1 fully saturated rings. The van der Waals surface area contributed by atoms with Gasteiger partial charge in [0, 0.05) is 17.1 Å². The van der Waals surface area contributed by atoms with E-state index in [1.807, 2.05) is 24.5 Å². The van der Waals surface area contributed by atoms with Crippen molar-refractivity contribution in [2.24, 2.45) is 5.92 Å². The monoisotopic (exact) mass is 441 g/mol. The molecule has 5 rings (SSSR count). The highest BCUT2D eigenvalue weighted by molar-refractivity contribution is 5.86. The molecule has 170 valence electrons. The number of aromatic nitrogens is 4. The lowest BCUT2D eigenvalue weighted by Crippen LogP contribution is -2.31. The summed E-state index contributed by atoms with van der Waals surface area (Å²) in [5, 5.41) is 5.96. The van der Waals surface area contributed by atoms with Crippen LogP contribution in [0.25, 0.3) is 22.2 Å². The first-order valence-corrected chi connectivity index (χ1v) is 11.7. The van der Waals surface area contributed by atoms with Crippen LogP contribution in [0.3, 0.4) is 0 Å². The third-order valence-electron chi connectivity index (χ3n) is 6.74. The molecule has 2 aromatic carbocycles. The molecule has 0 unspecified atom stereocenters. The average molecular weight is 442 g/mol. The molecule has 1 aliphatic heterocycles. The van der Waals surface area contributed by atoms with Crippen LogP contribution in [0.2, 0.25) is 0 Å². The normalized spacial score (nSPS) is 15.2. The van der Waals surface area contributed by atoms with Crippen molar-refractivity contribution in [2.75, 3.05) is 27.2 Å². The number of likely N-dealkylation sites (tertiary alicyclic amines) is 1. The lowest BCUT2D eigenvalue weighted by Gasteiger charge is -2.28. The summed E-state index contributed by atoms with van der Waals surface area (Å²) in [5.41, 5.74) is 6.46. The second-order valence-corrected chi connectivity index (χ2v) is 9.17. The van der Waals surface area contributed by atoms with E-state index < -0.39 is 0 Å². The maximum absolute atomic E-state index is 5.27. The van der Waals surface area contributed by atoms with E-state index >= 15 is 0 Å². The van der Waals surface area contributed by atoms with E-state index in [-0.39, 0.29) is 0 Å². The smallest absolute Gasteiger partial charge is 0.118 e. The minimum Gasteiger partial charge on any atom is -0.497 e. The fourth-order valence-electron chi connectivity index (χ4n) is 4.73. The average Bonchev–Trinajstić information content (AvgIpc) is 3.15. The summed E-state index contributed by atoms with van der Waals surface area (Å²) in [6, 6.07) is 14.6. The maximum atomic E-state index is 5.27. The van der Waals surface area contributed by atoms with Gasteiger partial charge in [0.05, 0.1) is 42.4 Å². The number of rotatable bonds is 6. The molecule has 0 saturated carbocycles. The molecular weight excluding hydrogens is 410 g/mol. The zero-order valence-corrected chi connectivity index (χ0v) is 19.7. The van der Waals surface area contributed by atoms with Crippen LogP contribution in [0.5, 0.6) is 5.75 Å². The highest BCUT2D eigenvalue weighted by atomic mass is 16.5. The number of piperidine rings is 1. The van der Waals surface area contributed by atoms with Gasteiger partial charge in [0.2, 0.25) is 0 Å². The van der Waals surface area contributed by atoms with Gasteiger partial charge in [0.1, 0.15) is 5.75 Å². The summed E-state index contributed by atoms with van der Waals surface area (Å²) < 4.78 is 7.34. The first kappa shape index (κ1) is 21.6. The topological polar surface area (TPSA) is 56.1 Å². The Morgan fingerprint density at radius 1 is 1.03 bits per heavy atom. The van der Waals surface area contributed by atoms with Crippen LogP contribution in [0, 0.1) is 12.8 Å². The van der Waals surface area contributed by atoms with Crippen LogP contribution in [0.1, 0.15) is 29.8 Å². The number of hydrogen-bond donors (Lipinski definition) is 0. The van der Waals surface area contributed by atoms with Crippen molar-refractivity contribution in [3.8, 4) is 17.0 Å². The van der Waals surface area contributed by atoms with Gasteiger partial charge in [-0.15, -0.1) is 0 Å². The summed E-state index contributed by atoms with van der Waals surface area (Å²) >= 11 is 0. The predicted molar refractivity (Wildman–Crippen MR) is 132 cm³/mol. The Morgan fingerprint density at radius 3 is 2.58 bits per heavy atom. The fourth-order valence-corrected chi connectivity index (χ4v) is 4.73. The Hall–Kier alpha value is -3.25. The molecule has 6 heteroatoms. The quantitative estimate of drug-likeness (QED) is 0.432. The molecule has 0 spiro atoms. The summed E-state index contributed by atoms with van der Waals surface area (Å²) in [6.45, 7) is 5.14. The van der Waals surface area contributed by atoms with Crippen molar-refractivity contribution in [3.63, 3.8) is 0 Å². The number of benzene rings is 2. The van der Waals surface area contributed by atoms with Crippen LogP contribution in [0.15, 0.2) is 54.9 Å². The van der Waals surface area contributed by atoms with Crippen LogP contribution in [0.4, 0.5) is 0 Å². The van der Waals surface area contributed by atoms with Gasteiger partial charge in [-0.2, -0.15) is 5.10 Å². The predicted octanol–water partition coefficient (Wildman–Crippen LogP) is 4.74. The van der Waals surface area contributed by atoms with Gasteiger partial charge in [-0.25, -0.2) is 4.98 Å². The Labute approximate surface area is 195 Å². The first-order valence-electron chi connectivity index (χ1n) is 11.7. The number of methoxy groups -OCH3 is 1. The highest BCUT2D eigenvalue weighted by Crippen LogP contribution is 2.27. The summed E-state index contributed by atoms with van der Waals surface area (Å²) in [7, 11) is 3.89. The zero-order chi connectivity index (χ0) is 22.8. The van der Waals surface area contributed by atoms with Gasteiger partial charge in [0.15, 0.2) is 0 Å². The number of hydrogen-bond acceptors (Lipinski definition) is 5. The van der Waals surface area contributed by atoms with Crippen molar-refractivity contribution < 1.29 is 4.74 Å². The molecule has 0 aliphatic carbocycles. The first-order chi connectivity index (χ1) is 16.1. The number of nitrogens with zero attached hydrogens (tertiary/aromatic N) is 5. The molecule has 0 atom stereocenters. The lowest BCUT2D eigenvalue weighted by molar-refractivity contribution is 0.218. The van der Waals surface area contributed by atoms with Gasteiger partial charge < -0.3 is 9.64 Å². The van der Waals surface area contributed by atoms with Crippen LogP contribution in [-0.2, 0) is 13.0 Å². The molecule has 1 saturated heterocycles. The van der Waals surface area contributed by atoms with Gasteiger partial charge in [-0.1, -0.05) is 18.2 Å². The summed E-state index contributed by atoms with van der Waals surface area (Å²) in [4.78, 5) is 11.9. The second-order valence-electron chi connectivity index (χ2n) is 9.17. The Bertz CT molecular complexity index is 1240. The number of fused-ring (bicyclic) bond motifs is 1. The Morgan fingerprint density at radius 2 is 1.82 bits per heavy atom. The van der Waals surface area contributed by atoms with E-state index in [4.69, 9.17) is 14.8 Å². The van der Waals surface area contributed by atoms with Gasteiger partial charge in [-0.3, -0.25) is 9.67 Å². The van der Waals surface area contributed by atoms with E-state index in [0.29, 0.717) is 5.92 Å². The van der Waals surface area contributed by atoms with Crippen molar-refractivity contribution in [2.45, 2.75) is 32.7 Å².